The second-order valence-electron chi connectivity index (χ2n) is 4.07. The van der Waals surface area contributed by atoms with Crippen LogP contribution >= 0.6 is 0 Å². The predicted octanol–water partition coefficient (Wildman–Crippen LogP) is 1.68. The van der Waals surface area contributed by atoms with Crippen LogP contribution in [-0.4, -0.2) is 29.3 Å². The fraction of sp³-hybridized carbons (Fsp3) is 0.636. The van der Waals surface area contributed by atoms with E-state index in [1.807, 2.05) is 0 Å². The number of hydrogen-bond donors (Lipinski definition) is 2. The van der Waals surface area contributed by atoms with E-state index in [2.05, 4.69) is 11.9 Å². The van der Waals surface area contributed by atoms with Crippen molar-refractivity contribution in [3.05, 3.63) is 12.2 Å². The second-order valence-corrected chi connectivity index (χ2v) is 4.07. The quantitative estimate of drug-likeness (QED) is 0.716. The Hall–Kier alpha value is -1.52. The molecule has 1 fully saturated rings. The Kier molecular flexibility index (Phi) is 4.34. The Balaban J connectivity index is 2.41. The highest BCUT2D eigenvalue weighted by atomic mass is 16.6. The third kappa shape index (κ3) is 3.56. The predicted molar refractivity (Wildman–Crippen MR) is 58.1 cm³/mol. The molecule has 1 aliphatic carbocycles. The standard InChI is InChI=1S/C11H17NO4/c1-7(2)9(10(13)14)12-11(15)16-8-5-3-4-6-8/h8-9H,1,3-6H2,2H3,(H,12,15)(H,13,14). The van der Waals surface area contributed by atoms with Gasteiger partial charge in [-0.25, -0.2) is 9.59 Å². The molecule has 0 spiro atoms. The molecule has 0 aromatic rings. The zero-order chi connectivity index (χ0) is 12.1. The topological polar surface area (TPSA) is 75.6 Å². The first-order valence-electron chi connectivity index (χ1n) is 5.36. The van der Waals surface area contributed by atoms with Crippen LogP contribution in [0.1, 0.15) is 32.6 Å². The summed E-state index contributed by atoms with van der Waals surface area (Å²) in [4.78, 5) is 22.2. The molecule has 1 aliphatic rings. The van der Waals surface area contributed by atoms with E-state index in [9.17, 15) is 9.59 Å². The molecule has 16 heavy (non-hydrogen) atoms. The van der Waals surface area contributed by atoms with Crippen LogP contribution in [0.2, 0.25) is 0 Å². The monoisotopic (exact) mass is 227 g/mol. The number of aliphatic carboxylic acids is 1. The summed E-state index contributed by atoms with van der Waals surface area (Å²) in [6.45, 7) is 5.06. The minimum atomic E-state index is -1.13. The summed E-state index contributed by atoms with van der Waals surface area (Å²) >= 11 is 0. The Bertz CT molecular complexity index is 280. The van der Waals surface area contributed by atoms with Crippen LogP contribution in [0.15, 0.2) is 12.2 Å². The van der Waals surface area contributed by atoms with E-state index in [0.29, 0.717) is 5.57 Å². The highest BCUT2D eigenvalue weighted by molar-refractivity contribution is 5.82. The Labute approximate surface area is 94.5 Å². The highest BCUT2D eigenvalue weighted by Crippen LogP contribution is 2.20. The minimum absolute atomic E-state index is 0.0698. The molecular formula is C11H17NO4. The van der Waals surface area contributed by atoms with E-state index in [0.717, 1.165) is 25.7 Å². The number of amides is 1. The van der Waals surface area contributed by atoms with Crippen molar-refractivity contribution in [3.63, 3.8) is 0 Å². The SMILES string of the molecule is C=C(C)C(NC(=O)OC1CCCC1)C(=O)O. The summed E-state index contributed by atoms with van der Waals surface area (Å²) in [5.74, 6) is -1.13. The number of rotatable bonds is 4. The first-order valence-corrected chi connectivity index (χ1v) is 5.36. The van der Waals surface area contributed by atoms with Crippen LogP contribution in [0.5, 0.6) is 0 Å². The normalized spacial score (nSPS) is 17.8. The molecule has 1 atom stereocenters. The summed E-state index contributed by atoms with van der Waals surface area (Å²) in [5.41, 5.74) is 0.371. The van der Waals surface area contributed by atoms with Crippen molar-refractivity contribution in [2.45, 2.75) is 44.8 Å². The van der Waals surface area contributed by atoms with Gasteiger partial charge in [-0.2, -0.15) is 0 Å². The number of ether oxygens (including phenoxy) is 1. The van der Waals surface area contributed by atoms with Gasteiger partial charge >= 0.3 is 12.1 Å². The molecule has 1 amide bonds. The van der Waals surface area contributed by atoms with Crippen LogP contribution in [0.3, 0.4) is 0 Å². The molecule has 2 N–H and O–H groups in total. The fourth-order valence-electron chi connectivity index (χ4n) is 1.71. The molecule has 90 valence electrons. The molecule has 1 rings (SSSR count). The number of alkyl carbamates (subject to hydrolysis) is 1. The van der Waals surface area contributed by atoms with E-state index < -0.39 is 18.1 Å². The van der Waals surface area contributed by atoms with Crippen LogP contribution in [-0.2, 0) is 9.53 Å². The smallest absolute Gasteiger partial charge is 0.408 e. The number of carbonyl (C=O) groups excluding carboxylic acids is 1. The first-order chi connectivity index (χ1) is 7.50. The van der Waals surface area contributed by atoms with Gasteiger partial charge in [0.05, 0.1) is 0 Å². The van der Waals surface area contributed by atoms with Crippen molar-refractivity contribution in [1.29, 1.82) is 0 Å². The fourth-order valence-corrected chi connectivity index (χ4v) is 1.71. The van der Waals surface area contributed by atoms with Crippen molar-refractivity contribution < 1.29 is 19.4 Å². The van der Waals surface area contributed by atoms with Crippen molar-refractivity contribution in [1.82, 2.24) is 5.32 Å². The largest absolute Gasteiger partial charge is 0.479 e. The van der Waals surface area contributed by atoms with Crippen molar-refractivity contribution in [2.24, 2.45) is 0 Å². The van der Waals surface area contributed by atoms with Crippen LogP contribution in [0.4, 0.5) is 4.79 Å². The molecule has 0 saturated heterocycles. The third-order valence-electron chi connectivity index (χ3n) is 2.58. The van der Waals surface area contributed by atoms with Gasteiger partial charge in [-0.05, 0) is 38.2 Å². The maximum absolute atomic E-state index is 11.4. The van der Waals surface area contributed by atoms with E-state index in [-0.39, 0.29) is 6.10 Å². The van der Waals surface area contributed by atoms with Crippen LogP contribution in [0, 0.1) is 0 Å². The van der Waals surface area contributed by atoms with E-state index in [4.69, 9.17) is 9.84 Å². The Morgan fingerprint density at radius 1 is 1.44 bits per heavy atom. The lowest BCUT2D eigenvalue weighted by atomic mass is 10.1. The molecular weight excluding hydrogens is 210 g/mol. The van der Waals surface area contributed by atoms with E-state index in [1.165, 1.54) is 0 Å². The number of nitrogens with one attached hydrogen (secondary N) is 1. The molecule has 5 nitrogen and oxygen atoms in total. The number of carboxylic acids is 1. The molecule has 1 unspecified atom stereocenters. The summed E-state index contributed by atoms with van der Waals surface area (Å²) in [7, 11) is 0. The lowest BCUT2D eigenvalue weighted by Crippen LogP contribution is -2.42. The maximum atomic E-state index is 11.4. The summed E-state index contributed by atoms with van der Waals surface area (Å²) in [6.07, 6.45) is 3.08. The zero-order valence-electron chi connectivity index (χ0n) is 9.36. The van der Waals surface area contributed by atoms with Gasteiger partial charge in [0.2, 0.25) is 0 Å². The lowest BCUT2D eigenvalue weighted by Gasteiger charge is -2.16. The van der Waals surface area contributed by atoms with Gasteiger partial charge in [0.1, 0.15) is 6.10 Å². The molecule has 0 aliphatic heterocycles. The van der Waals surface area contributed by atoms with Crippen LogP contribution < -0.4 is 5.32 Å². The molecule has 0 radical (unpaired) electrons. The molecule has 1 saturated carbocycles. The summed E-state index contributed by atoms with van der Waals surface area (Å²) < 4.78 is 5.09. The van der Waals surface area contributed by atoms with Gasteiger partial charge in [0.25, 0.3) is 0 Å². The van der Waals surface area contributed by atoms with Crippen molar-refractivity contribution >= 4 is 12.1 Å². The Morgan fingerprint density at radius 3 is 2.44 bits per heavy atom. The van der Waals surface area contributed by atoms with E-state index in [1.54, 1.807) is 6.92 Å². The van der Waals surface area contributed by atoms with Crippen molar-refractivity contribution in [3.8, 4) is 0 Å². The average molecular weight is 227 g/mol. The number of hydrogen-bond acceptors (Lipinski definition) is 3. The molecule has 0 aromatic carbocycles. The maximum Gasteiger partial charge on any atom is 0.408 e. The number of carbonyl (C=O) groups is 2. The molecule has 0 aromatic heterocycles. The minimum Gasteiger partial charge on any atom is -0.479 e. The molecule has 5 heteroatoms. The summed E-state index contributed by atoms with van der Waals surface area (Å²) in [5, 5.41) is 11.1. The van der Waals surface area contributed by atoms with Gasteiger partial charge in [-0.3, -0.25) is 0 Å². The second kappa shape index (κ2) is 5.53. The average Bonchev–Trinajstić information content (AvgIpc) is 2.65. The van der Waals surface area contributed by atoms with Gasteiger partial charge in [-0.1, -0.05) is 6.58 Å². The van der Waals surface area contributed by atoms with Crippen LogP contribution in [0.25, 0.3) is 0 Å². The molecule has 0 bridgehead atoms. The number of carboxylic acid groups (broad SMARTS) is 1. The zero-order valence-corrected chi connectivity index (χ0v) is 9.36. The lowest BCUT2D eigenvalue weighted by molar-refractivity contribution is -0.138. The van der Waals surface area contributed by atoms with Crippen molar-refractivity contribution in [2.75, 3.05) is 0 Å². The first kappa shape index (κ1) is 12.5. The highest BCUT2D eigenvalue weighted by Gasteiger charge is 2.24. The summed E-state index contributed by atoms with van der Waals surface area (Å²) in [6, 6.07) is -1.08. The van der Waals surface area contributed by atoms with Gasteiger partial charge in [0.15, 0.2) is 6.04 Å². The molecule has 0 heterocycles. The Morgan fingerprint density at radius 2 is 2.00 bits per heavy atom. The van der Waals surface area contributed by atoms with Gasteiger partial charge in [0, 0.05) is 0 Å². The van der Waals surface area contributed by atoms with Gasteiger partial charge in [-0.15, -0.1) is 0 Å². The van der Waals surface area contributed by atoms with Gasteiger partial charge < -0.3 is 15.2 Å². The third-order valence-corrected chi connectivity index (χ3v) is 2.58. The van der Waals surface area contributed by atoms with E-state index >= 15 is 0 Å².